The smallest absolute Gasteiger partial charge is 0.179 e. The topological polar surface area (TPSA) is 4.93 Å². The summed E-state index contributed by atoms with van der Waals surface area (Å²) in [5, 5.41) is 7.42. The van der Waals surface area contributed by atoms with Crippen molar-refractivity contribution in [2.24, 2.45) is 0 Å². The summed E-state index contributed by atoms with van der Waals surface area (Å²) in [5.74, 6) is -0.0536. The van der Waals surface area contributed by atoms with Crippen molar-refractivity contribution in [2.75, 3.05) is 0 Å². The summed E-state index contributed by atoms with van der Waals surface area (Å²) in [5.41, 5.74) is 12.4. The number of hydrogen-bond donors (Lipinski definition) is 0. The summed E-state index contributed by atoms with van der Waals surface area (Å²) in [7, 11) is -3.22. The third-order valence-electron chi connectivity index (χ3n) is 12.8. The molecule has 3 aliphatic carbocycles. The van der Waals surface area contributed by atoms with Crippen LogP contribution >= 0.6 is 0 Å². The highest BCUT2D eigenvalue weighted by molar-refractivity contribution is 7.20. The van der Waals surface area contributed by atoms with Gasteiger partial charge in [0.2, 0.25) is 0 Å². The Labute approximate surface area is 347 Å². The van der Waals surface area contributed by atoms with Gasteiger partial charge < -0.3 is 4.57 Å². The summed E-state index contributed by atoms with van der Waals surface area (Å²) >= 11 is 0. The van der Waals surface area contributed by atoms with Gasteiger partial charge in [-0.05, 0) is 83.5 Å². The lowest BCUT2D eigenvalue weighted by Gasteiger charge is -2.47. The maximum Gasteiger partial charge on any atom is 0.179 e. The van der Waals surface area contributed by atoms with Crippen LogP contribution in [0.5, 0.6) is 0 Å². The van der Waals surface area contributed by atoms with Crippen molar-refractivity contribution in [3.05, 3.63) is 258 Å². The second-order valence-corrected chi connectivity index (χ2v) is 19.3. The van der Waals surface area contributed by atoms with E-state index in [0.717, 1.165) is 5.19 Å². The van der Waals surface area contributed by atoms with Gasteiger partial charge in [-0.1, -0.05) is 206 Å². The fourth-order valence-electron chi connectivity index (χ4n) is 10.6. The van der Waals surface area contributed by atoms with Gasteiger partial charge in [0.25, 0.3) is 0 Å². The zero-order chi connectivity index (χ0) is 42.6. The molecule has 0 N–H and O–H groups in total. The molecule has 0 radical (unpaired) electrons. The first-order valence-electron chi connectivity index (χ1n) is 22.5. The van der Waals surface area contributed by atoms with Crippen LogP contribution in [0, 0.1) is 0 Å². The van der Waals surface area contributed by atoms with Crippen molar-refractivity contribution in [3.8, 4) is 16.8 Å². The molecule has 1 heterocycles. The highest BCUT2D eigenvalue weighted by Gasteiger charge is 2.50. The fourth-order valence-corrected chi connectivity index (χ4v) is 15.6. The maximum absolute atomic E-state index is 8.82. The molecule has 9 aromatic carbocycles. The van der Waals surface area contributed by atoms with Crippen LogP contribution in [0.4, 0.5) is 0 Å². The Morgan fingerprint density at radius 2 is 0.879 bits per heavy atom. The zero-order valence-electron chi connectivity index (χ0n) is 36.6. The van der Waals surface area contributed by atoms with Crippen LogP contribution in [0.3, 0.4) is 0 Å². The van der Waals surface area contributed by atoms with E-state index in [0.29, 0.717) is 5.56 Å². The van der Waals surface area contributed by atoms with E-state index in [1.54, 1.807) is 0 Å². The molecule has 2 bridgehead atoms. The number of rotatable bonds is 6. The van der Waals surface area contributed by atoms with Gasteiger partial charge in [-0.15, -0.1) is 0 Å². The molecule has 0 saturated carbocycles. The quantitative estimate of drug-likeness (QED) is 0.118. The van der Waals surface area contributed by atoms with Gasteiger partial charge in [0.1, 0.15) is 0 Å². The fraction of sp³-hybridized carbons (Fsp3) is 0.0357. The van der Waals surface area contributed by atoms with Crippen LogP contribution in [-0.4, -0.2) is 12.6 Å². The minimum absolute atomic E-state index is 0.0221. The van der Waals surface area contributed by atoms with E-state index < -0.39 is 14.1 Å². The van der Waals surface area contributed by atoms with Crippen LogP contribution in [0.2, 0.25) is 0 Å². The average molecular weight is 759 g/mol. The first kappa shape index (κ1) is 28.4. The second kappa shape index (κ2) is 13.0. The Bertz CT molecular complexity index is 3350. The van der Waals surface area contributed by atoms with E-state index in [2.05, 4.69) is 187 Å². The predicted molar refractivity (Wildman–Crippen MR) is 245 cm³/mol. The van der Waals surface area contributed by atoms with Crippen molar-refractivity contribution in [1.29, 1.82) is 0 Å². The molecule has 2 unspecified atom stereocenters. The molecule has 0 saturated heterocycles. The van der Waals surface area contributed by atoms with Crippen molar-refractivity contribution < 1.29 is 6.85 Å². The van der Waals surface area contributed by atoms with E-state index in [9.17, 15) is 0 Å². The van der Waals surface area contributed by atoms with Gasteiger partial charge in [-0.2, -0.15) is 0 Å². The largest absolute Gasteiger partial charge is 0.309 e. The van der Waals surface area contributed by atoms with E-state index in [4.69, 9.17) is 6.85 Å². The third kappa shape index (κ3) is 4.64. The van der Waals surface area contributed by atoms with Crippen molar-refractivity contribution >= 4 is 50.6 Å². The monoisotopic (exact) mass is 758 g/mol. The van der Waals surface area contributed by atoms with Gasteiger partial charge in [0.05, 0.1) is 23.6 Å². The van der Waals surface area contributed by atoms with Crippen molar-refractivity contribution in [1.82, 2.24) is 4.57 Å². The van der Waals surface area contributed by atoms with Gasteiger partial charge in [-0.3, -0.25) is 0 Å². The average Bonchev–Trinajstić information content (AvgIpc) is 3.68. The first-order chi connectivity index (χ1) is 30.9. The number of fused-ring (bicyclic) bond motifs is 3. The molecule has 13 rings (SSSR count). The SMILES string of the molecule is [2H]c1c([2H])c([2H])c(-c2ccc([Si](c3ccccc3)(c3ccccc3)c3cccc4c3C3c5ccccc5C4c4cccc(-n5c6ccccc6c6ccccc65)c43)cc2)c([2H])c1[2H]. The summed E-state index contributed by atoms with van der Waals surface area (Å²) in [4.78, 5) is 0. The molecule has 3 aliphatic rings. The molecule has 0 fully saturated rings. The summed E-state index contributed by atoms with van der Waals surface area (Å²) in [6.45, 7) is 0. The van der Waals surface area contributed by atoms with Crippen molar-refractivity contribution in [2.45, 2.75) is 11.8 Å². The Kier molecular flexibility index (Phi) is 6.38. The van der Waals surface area contributed by atoms with Gasteiger partial charge in [0, 0.05) is 22.6 Å². The van der Waals surface area contributed by atoms with Gasteiger partial charge >= 0.3 is 0 Å². The van der Waals surface area contributed by atoms with Crippen LogP contribution in [0.1, 0.15) is 52.1 Å². The summed E-state index contributed by atoms with van der Waals surface area (Å²) in [6.07, 6.45) is 0. The Morgan fingerprint density at radius 3 is 1.52 bits per heavy atom. The lowest BCUT2D eigenvalue weighted by atomic mass is 9.60. The Hall–Kier alpha value is -7.00. The number of benzene rings is 9. The molecule has 272 valence electrons. The molecular formula is C56H39NSi. The van der Waals surface area contributed by atoms with Crippen LogP contribution in [-0.2, 0) is 0 Å². The molecule has 2 heteroatoms. The lowest BCUT2D eigenvalue weighted by molar-refractivity contribution is 0.752. The Morgan fingerprint density at radius 1 is 0.379 bits per heavy atom. The molecule has 58 heavy (non-hydrogen) atoms. The number of para-hydroxylation sites is 2. The molecule has 0 amide bonds. The maximum atomic E-state index is 8.82. The molecule has 0 aliphatic heterocycles. The van der Waals surface area contributed by atoms with Crippen LogP contribution < -0.4 is 20.7 Å². The van der Waals surface area contributed by atoms with E-state index in [1.165, 1.54) is 76.4 Å². The number of nitrogens with zero attached hydrogens (tertiary/aromatic N) is 1. The molecule has 0 spiro atoms. The number of aromatic nitrogens is 1. The first-order valence-corrected chi connectivity index (χ1v) is 22.0. The van der Waals surface area contributed by atoms with Crippen LogP contribution in [0.25, 0.3) is 38.6 Å². The lowest BCUT2D eigenvalue weighted by Crippen LogP contribution is -2.75. The molecule has 1 nitrogen and oxygen atoms in total. The van der Waals surface area contributed by atoms with Gasteiger partial charge in [0.15, 0.2) is 8.07 Å². The van der Waals surface area contributed by atoms with Crippen LogP contribution in [0.15, 0.2) is 224 Å². The minimum Gasteiger partial charge on any atom is -0.309 e. The van der Waals surface area contributed by atoms with E-state index >= 15 is 0 Å². The molecule has 10 aromatic rings. The highest BCUT2D eigenvalue weighted by Crippen LogP contribution is 2.57. The van der Waals surface area contributed by atoms with E-state index in [-0.39, 0.29) is 41.6 Å². The number of hydrogen-bond acceptors (Lipinski definition) is 0. The normalized spacial score (nSPS) is 16.4. The molecule has 2 atom stereocenters. The van der Waals surface area contributed by atoms with E-state index in [1.807, 2.05) is 12.1 Å². The third-order valence-corrected chi connectivity index (χ3v) is 17.7. The second-order valence-electron chi connectivity index (χ2n) is 15.5. The van der Waals surface area contributed by atoms with Gasteiger partial charge in [-0.25, -0.2) is 0 Å². The summed E-state index contributed by atoms with van der Waals surface area (Å²) in [6, 6.07) is 69.2. The van der Waals surface area contributed by atoms with Crippen molar-refractivity contribution in [3.63, 3.8) is 0 Å². The Balaban J connectivity index is 1.17. The molecular weight excluding hydrogens is 715 g/mol. The summed E-state index contributed by atoms with van der Waals surface area (Å²) < 4.78 is 45.2. The predicted octanol–water partition coefficient (Wildman–Crippen LogP) is 10.8. The zero-order valence-corrected chi connectivity index (χ0v) is 32.6. The standard InChI is InChI=1S/C56H39NSi/c1-4-18-38(19-5-1)39-34-36-42(37-35-39)58(40-20-6-2-7-21-40,41-22-8-3-9-23-41)52-33-17-29-48-53-45-26-10-11-27-46(45)56(55(48)52)54-47(53)28-16-32-51(54)57-49-30-14-12-24-43(49)44-25-13-15-31-50(44)57/h1-37,53,56H/i1D,4D,5D,18D,19D. The molecule has 1 aromatic heterocycles. The minimum atomic E-state index is -3.22. The highest BCUT2D eigenvalue weighted by atomic mass is 28.3.